The molecular formula is C27H38N4O7. The molecule has 1 amide bonds. The molecule has 2 aromatic rings. The lowest BCUT2D eigenvalue weighted by molar-refractivity contribution is -0.144. The number of aromatic nitrogens is 2. The van der Waals surface area contributed by atoms with Crippen molar-refractivity contribution < 1.29 is 34.0 Å². The van der Waals surface area contributed by atoms with E-state index in [0.717, 1.165) is 18.4 Å². The standard InChI is InChI=1S/C27H38N4O7/c1-3-4-8-30(9-5-12-32)24(33)16-31-15-20(19-13-22(36-2)26-23(14-19)37-18-38-26)25(27(34)35)21(31)6-10-29-11-7-28-17-29/h7,11,13-14,17,20-21,25,32H,3-6,8-10,12,15-16,18H2,1-2H3,(H,34,35). The van der Waals surface area contributed by atoms with Gasteiger partial charge < -0.3 is 33.9 Å². The Morgan fingerprint density at radius 3 is 2.74 bits per heavy atom. The largest absolute Gasteiger partial charge is 0.493 e. The summed E-state index contributed by atoms with van der Waals surface area (Å²) < 4.78 is 18.6. The maximum absolute atomic E-state index is 13.4. The van der Waals surface area contributed by atoms with Gasteiger partial charge in [0.05, 0.1) is 25.9 Å². The van der Waals surface area contributed by atoms with Crippen molar-refractivity contribution in [1.82, 2.24) is 19.4 Å². The summed E-state index contributed by atoms with van der Waals surface area (Å²) in [5.41, 5.74) is 0.782. The molecule has 0 spiro atoms. The van der Waals surface area contributed by atoms with Crippen LogP contribution in [0.15, 0.2) is 30.9 Å². The predicted molar refractivity (Wildman–Crippen MR) is 138 cm³/mol. The van der Waals surface area contributed by atoms with Gasteiger partial charge in [-0.05, 0) is 37.0 Å². The summed E-state index contributed by atoms with van der Waals surface area (Å²) in [5, 5.41) is 19.8. The number of imidazole rings is 1. The molecule has 2 aliphatic rings. The summed E-state index contributed by atoms with van der Waals surface area (Å²) >= 11 is 0. The molecule has 11 heteroatoms. The first-order chi connectivity index (χ1) is 18.5. The third-order valence-electron chi connectivity index (χ3n) is 7.44. The van der Waals surface area contributed by atoms with E-state index in [1.807, 2.05) is 27.8 Å². The van der Waals surface area contributed by atoms with E-state index in [9.17, 15) is 19.8 Å². The summed E-state index contributed by atoms with van der Waals surface area (Å²) in [6.07, 6.45) is 8.14. The molecule has 3 unspecified atom stereocenters. The van der Waals surface area contributed by atoms with Gasteiger partial charge in [-0.15, -0.1) is 0 Å². The number of rotatable bonds is 14. The van der Waals surface area contributed by atoms with Gasteiger partial charge in [-0.2, -0.15) is 0 Å². The third-order valence-corrected chi connectivity index (χ3v) is 7.44. The second-order valence-corrected chi connectivity index (χ2v) is 9.82. The molecule has 0 aliphatic carbocycles. The molecule has 2 N–H and O–H groups in total. The van der Waals surface area contributed by atoms with E-state index in [0.29, 0.717) is 56.3 Å². The van der Waals surface area contributed by atoms with E-state index in [1.165, 1.54) is 0 Å². The van der Waals surface area contributed by atoms with Crippen molar-refractivity contribution in [3.8, 4) is 17.2 Å². The zero-order valence-corrected chi connectivity index (χ0v) is 22.1. The van der Waals surface area contributed by atoms with E-state index in [4.69, 9.17) is 14.2 Å². The van der Waals surface area contributed by atoms with Crippen LogP contribution in [-0.4, -0.2) is 94.2 Å². The lowest BCUT2D eigenvalue weighted by atomic mass is 9.84. The minimum atomic E-state index is -0.902. The molecule has 0 radical (unpaired) electrons. The monoisotopic (exact) mass is 530 g/mol. The van der Waals surface area contributed by atoms with Crippen LogP contribution in [0, 0.1) is 5.92 Å². The van der Waals surface area contributed by atoms with Crippen LogP contribution < -0.4 is 14.2 Å². The van der Waals surface area contributed by atoms with Crippen molar-refractivity contribution in [3.63, 3.8) is 0 Å². The molecule has 1 aromatic carbocycles. The molecule has 4 rings (SSSR count). The van der Waals surface area contributed by atoms with Crippen LogP contribution in [-0.2, 0) is 16.1 Å². The average molecular weight is 531 g/mol. The van der Waals surface area contributed by atoms with Crippen LogP contribution >= 0.6 is 0 Å². The zero-order chi connectivity index (χ0) is 27.1. The number of carboxylic acid groups (broad SMARTS) is 1. The number of nitrogens with zero attached hydrogens (tertiary/aromatic N) is 4. The Morgan fingerprint density at radius 2 is 2.05 bits per heavy atom. The molecule has 208 valence electrons. The van der Waals surface area contributed by atoms with Crippen LogP contribution in [0.2, 0.25) is 0 Å². The minimum absolute atomic E-state index is 0.0161. The highest BCUT2D eigenvalue weighted by Gasteiger charge is 2.47. The number of likely N-dealkylation sites (tertiary alicyclic amines) is 1. The number of carbonyl (C=O) groups excluding carboxylic acids is 1. The summed E-state index contributed by atoms with van der Waals surface area (Å²) in [6, 6.07) is 3.28. The zero-order valence-electron chi connectivity index (χ0n) is 22.1. The molecule has 1 aromatic heterocycles. The molecule has 0 saturated carbocycles. The Hall–Kier alpha value is -3.31. The van der Waals surface area contributed by atoms with Crippen LogP contribution in [0.1, 0.15) is 44.1 Å². The number of aliphatic hydroxyl groups excluding tert-OH is 1. The normalized spacial score (nSPS) is 20.6. The van der Waals surface area contributed by atoms with Crippen molar-refractivity contribution in [1.29, 1.82) is 0 Å². The smallest absolute Gasteiger partial charge is 0.308 e. The van der Waals surface area contributed by atoms with Crippen molar-refractivity contribution >= 4 is 11.9 Å². The fourth-order valence-electron chi connectivity index (χ4n) is 5.50. The van der Waals surface area contributed by atoms with E-state index < -0.39 is 11.9 Å². The van der Waals surface area contributed by atoms with Crippen molar-refractivity contribution in [2.75, 3.05) is 46.7 Å². The second kappa shape index (κ2) is 13.0. The Morgan fingerprint density at radius 1 is 1.24 bits per heavy atom. The third kappa shape index (κ3) is 6.21. The summed E-state index contributed by atoms with van der Waals surface area (Å²) in [4.78, 5) is 34.1. The SMILES string of the molecule is CCCCN(CCCO)C(=O)CN1CC(c2cc(OC)c3c(c2)OCO3)C(C(=O)O)C1CCn1ccnc1. The highest BCUT2D eigenvalue weighted by molar-refractivity contribution is 5.79. The number of carbonyl (C=O) groups is 2. The van der Waals surface area contributed by atoms with Crippen molar-refractivity contribution in [2.24, 2.45) is 5.92 Å². The maximum atomic E-state index is 13.4. The highest BCUT2D eigenvalue weighted by atomic mass is 16.7. The molecule has 1 fully saturated rings. The first-order valence-electron chi connectivity index (χ1n) is 13.3. The quantitative estimate of drug-likeness (QED) is 0.378. The Kier molecular flexibility index (Phi) is 9.46. The number of fused-ring (bicyclic) bond motifs is 1. The van der Waals surface area contributed by atoms with Gasteiger partial charge in [0.25, 0.3) is 0 Å². The second-order valence-electron chi connectivity index (χ2n) is 9.82. The molecule has 3 atom stereocenters. The lowest BCUT2D eigenvalue weighted by Gasteiger charge is -2.29. The molecule has 3 heterocycles. The summed E-state index contributed by atoms with van der Waals surface area (Å²) in [6.45, 7) is 4.37. The summed E-state index contributed by atoms with van der Waals surface area (Å²) in [5.74, 6) is -0.523. The van der Waals surface area contributed by atoms with Crippen LogP contribution in [0.4, 0.5) is 0 Å². The summed E-state index contributed by atoms with van der Waals surface area (Å²) in [7, 11) is 1.54. The highest BCUT2D eigenvalue weighted by Crippen LogP contribution is 2.47. The Labute approximate surface area is 222 Å². The molecule has 2 aliphatic heterocycles. The maximum Gasteiger partial charge on any atom is 0.308 e. The van der Waals surface area contributed by atoms with Gasteiger partial charge in [0, 0.05) is 57.1 Å². The van der Waals surface area contributed by atoms with Crippen LogP contribution in [0.3, 0.4) is 0 Å². The Bertz CT molecular complexity index is 1070. The fourth-order valence-corrected chi connectivity index (χ4v) is 5.50. The van der Waals surface area contributed by atoms with Gasteiger partial charge in [-0.25, -0.2) is 4.98 Å². The number of aryl methyl sites for hydroxylation is 1. The van der Waals surface area contributed by atoms with Gasteiger partial charge in [0.1, 0.15) is 0 Å². The number of amides is 1. The number of hydrogen-bond donors (Lipinski definition) is 2. The first kappa shape index (κ1) is 27.7. The Balaban J connectivity index is 1.62. The minimum Gasteiger partial charge on any atom is -0.493 e. The molecule has 0 bridgehead atoms. The van der Waals surface area contributed by atoms with Crippen LogP contribution in [0.25, 0.3) is 0 Å². The first-order valence-corrected chi connectivity index (χ1v) is 13.3. The van der Waals surface area contributed by atoms with Gasteiger partial charge in [0.2, 0.25) is 18.4 Å². The number of unbranched alkanes of at least 4 members (excludes halogenated alkanes) is 1. The number of benzene rings is 1. The lowest BCUT2D eigenvalue weighted by Crippen LogP contribution is -2.45. The van der Waals surface area contributed by atoms with Crippen molar-refractivity contribution in [2.45, 2.75) is 51.1 Å². The number of aliphatic hydroxyl groups is 1. The van der Waals surface area contributed by atoms with Gasteiger partial charge in [-0.3, -0.25) is 14.5 Å². The molecular weight excluding hydrogens is 492 g/mol. The van der Waals surface area contributed by atoms with Gasteiger partial charge >= 0.3 is 5.97 Å². The van der Waals surface area contributed by atoms with E-state index in [1.54, 1.807) is 24.5 Å². The van der Waals surface area contributed by atoms with Crippen molar-refractivity contribution in [3.05, 3.63) is 36.4 Å². The van der Waals surface area contributed by atoms with E-state index in [2.05, 4.69) is 11.9 Å². The molecule has 11 nitrogen and oxygen atoms in total. The van der Waals surface area contributed by atoms with Crippen LogP contribution in [0.5, 0.6) is 17.2 Å². The molecule has 1 saturated heterocycles. The van der Waals surface area contributed by atoms with E-state index >= 15 is 0 Å². The number of ether oxygens (including phenoxy) is 3. The number of aliphatic carboxylic acids is 1. The molecule has 38 heavy (non-hydrogen) atoms. The predicted octanol–water partition coefficient (Wildman–Crippen LogP) is 2.19. The number of hydrogen-bond acceptors (Lipinski definition) is 8. The van der Waals surface area contributed by atoms with Gasteiger partial charge in [-0.1, -0.05) is 13.3 Å². The number of carboxylic acids is 1. The van der Waals surface area contributed by atoms with Gasteiger partial charge in [0.15, 0.2) is 11.5 Å². The average Bonchev–Trinajstić information content (AvgIpc) is 3.67. The van der Waals surface area contributed by atoms with E-state index in [-0.39, 0.29) is 37.8 Å². The number of methoxy groups -OCH3 is 1. The fraction of sp³-hybridized carbons (Fsp3) is 0.593. The topological polar surface area (TPSA) is 127 Å².